The molecule has 2 rings (SSSR count). The monoisotopic (exact) mass is 364 g/mol. The van der Waals surface area contributed by atoms with Gasteiger partial charge in [-0.1, -0.05) is 28.1 Å². The normalized spacial score (nSPS) is 10.0. The third-order valence-corrected chi connectivity index (χ3v) is 3.57. The van der Waals surface area contributed by atoms with E-state index in [1.165, 1.54) is 0 Å². The summed E-state index contributed by atoms with van der Waals surface area (Å²) in [4.78, 5) is 0. The van der Waals surface area contributed by atoms with Gasteiger partial charge in [-0.15, -0.1) is 0 Å². The summed E-state index contributed by atoms with van der Waals surface area (Å²) in [5.41, 5.74) is 2.95. The Morgan fingerprint density at radius 3 is 2.57 bits per heavy atom. The number of hydrogen-bond acceptors (Lipinski definition) is 2. The maximum absolute atomic E-state index is 5.57. The van der Waals surface area contributed by atoms with Gasteiger partial charge in [-0.25, -0.2) is 0 Å². The molecule has 2 aromatic rings. The Balaban J connectivity index is 2.08. The van der Waals surface area contributed by atoms with Gasteiger partial charge in [0.25, 0.3) is 0 Å². The largest absolute Gasteiger partial charge is 0.492 e. The van der Waals surface area contributed by atoms with Crippen LogP contribution in [0.3, 0.4) is 0 Å². The third kappa shape index (κ3) is 4.44. The Bertz CT molecular complexity index is 646. The Kier molecular flexibility index (Phi) is 5.59. The van der Waals surface area contributed by atoms with Gasteiger partial charge in [-0.2, -0.15) is 0 Å². The lowest BCUT2D eigenvalue weighted by atomic mass is 10.2. The molecular weight excluding hydrogens is 348 g/mol. The minimum Gasteiger partial charge on any atom is -0.492 e. The molecule has 0 unspecified atom stereocenters. The fourth-order valence-electron chi connectivity index (χ4n) is 1.89. The van der Waals surface area contributed by atoms with E-state index < -0.39 is 0 Å². The van der Waals surface area contributed by atoms with Crippen molar-refractivity contribution >= 4 is 44.6 Å². The first-order chi connectivity index (χ1) is 10.1. The Morgan fingerprint density at radius 1 is 1.14 bits per heavy atom. The zero-order valence-electron chi connectivity index (χ0n) is 11.9. The van der Waals surface area contributed by atoms with Crippen LogP contribution in [0.2, 0.25) is 0 Å². The Labute approximate surface area is 138 Å². The van der Waals surface area contributed by atoms with Gasteiger partial charge in [0.15, 0.2) is 5.11 Å². The number of hydrogen-bond donors (Lipinski definition) is 2. The summed E-state index contributed by atoms with van der Waals surface area (Å²) in [7, 11) is 0. The van der Waals surface area contributed by atoms with E-state index in [0.717, 1.165) is 27.2 Å². The van der Waals surface area contributed by atoms with Crippen LogP contribution in [0, 0.1) is 6.92 Å². The zero-order chi connectivity index (χ0) is 15.2. The molecule has 2 aromatic carbocycles. The van der Waals surface area contributed by atoms with E-state index in [-0.39, 0.29) is 0 Å². The molecule has 0 saturated heterocycles. The highest BCUT2D eigenvalue weighted by molar-refractivity contribution is 9.10. The maximum Gasteiger partial charge on any atom is 0.175 e. The second-order valence-corrected chi connectivity index (χ2v) is 5.79. The molecule has 0 heterocycles. The summed E-state index contributed by atoms with van der Waals surface area (Å²) in [6.45, 7) is 4.60. The molecule has 0 atom stereocenters. The molecule has 0 fully saturated rings. The molecule has 2 N–H and O–H groups in total. The molecule has 0 bridgehead atoms. The minimum atomic E-state index is 0.535. The number of rotatable bonds is 4. The average Bonchev–Trinajstić information content (AvgIpc) is 2.44. The molecule has 0 aliphatic heterocycles. The van der Waals surface area contributed by atoms with Crippen molar-refractivity contribution in [1.29, 1.82) is 0 Å². The summed E-state index contributed by atoms with van der Waals surface area (Å²) in [6, 6.07) is 13.7. The van der Waals surface area contributed by atoms with Crippen LogP contribution in [0.1, 0.15) is 12.5 Å². The molecule has 0 aromatic heterocycles. The fraction of sp³-hybridized carbons (Fsp3) is 0.188. The SMILES string of the molecule is CCOc1ccccc1NC(=S)Nc1ccc(Br)cc1C. The predicted molar refractivity (Wildman–Crippen MR) is 96.3 cm³/mol. The van der Waals surface area contributed by atoms with Crippen LogP contribution in [0.15, 0.2) is 46.9 Å². The molecule has 110 valence electrons. The summed E-state index contributed by atoms with van der Waals surface area (Å²) in [5, 5.41) is 6.90. The van der Waals surface area contributed by atoms with Gasteiger partial charge in [0.1, 0.15) is 5.75 Å². The molecule has 0 aliphatic rings. The second-order valence-electron chi connectivity index (χ2n) is 4.47. The zero-order valence-corrected chi connectivity index (χ0v) is 14.3. The standard InChI is InChI=1S/C16H17BrN2OS/c1-3-20-15-7-5-4-6-14(15)19-16(21)18-13-9-8-12(17)10-11(13)2/h4-10H,3H2,1-2H3,(H2,18,19,21). The van der Waals surface area contributed by atoms with E-state index in [2.05, 4.69) is 26.6 Å². The van der Waals surface area contributed by atoms with E-state index in [9.17, 15) is 0 Å². The van der Waals surface area contributed by atoms with E-state index in [0.29, 0.717) is 11.7 Å². The highest BCUT2D eigenvalue weighted by Crippen LogP contribution is 2.24. The van der Waals surface area contributed by atoms with Crippen molar-refractivity contribution in [1.82, 2.24) is 0 Å². The number of benzene rings is 2. The molecular formula is C16H17BrN2OS. The number of ether oxygens (including phenoxy) is 1. The molecule has 0 aliphatic carbocycles. The van der Waals surface area contributed by atoms with E-state index in [1.54, 1.807) is 0 Å². The lowest BCUT2D eigenvalue weighted by molar-refractivity contribution is 0.342. The Morgan fingerprint density at radius 2 is 1.86 bits per heavy atom. The number of nitrogens with one attached hydrogen (secondary N) is 2. The summed E-state index contributed by atoms with van der Waals surface area (Å²) in [5.74, 6) is 0.789. The molecule has 0 spiro atoms. The first-order valence-corrected chi connectivity index (χ1v) is 7.86. The van der Waals surface area contributed by atoms with Gasteiger partial charge in [0.2, 0.25) is 0 Å². The molecule has 0 amide bonds. The van der Waals surface area contributed by atoms with E-state index in [1.807, 2.05) is 56.3 Å². The van der Waals surface area contributed by atoms with Crippen molar-refractivity contribution in [3.05, 3.63) is 52.5 Å². The highest BCUT2D eigenvalue weighted by Gasteiger charge is 2.06. The van der Waals surface area contributed by atoms with Crippen LogP contribution in [0.4, 0.5) is 11.4 Å². The average molecular weight is 365 g/mol. The van der Waals surface area contributed by atoms with E-state index in [4.69, 9.17) is 17.0 Å². The Hall–Kier alpha value is -1.59. The number of thiocarbonyl (C=S) groups is 1. The highest BCUT2D eigenvalue weighted by atomic mass is 79.9. The van der Waals surface area contributed by atoms with Crippen LogP contribution in [-0.2, 0) is 0 Å². The van der Waals surface area contributed by atoms with Crippen molar-refractivity contribution in [2.24, 2.45) is 0 Å². The summed E-state index contributed by atoms with van der Waals surface area (Å²) < 4.78 is 6.62. The first kappa shape index (κ1) is 15.8. The summed E-state index contributed by atoms with van der Waals surface area (Å²) >= 11 is 8.82. The van der Waals surface area contributed by atoms with Gasteiger partial charge in [-0.05, 0) is 62.0 Å². The molecule has 0 radical (unpaired) electrons. The number of halogens is 1. The lowest BCUT2D eigenvalue weighted by Crippen LogP contribution is -2.20. The van der Waals surface area contributed by atoms with Gasteiger partial charge >= 0.3 is 0 Å². The quantitative estimate of drug-likeness (QED) is 0.750. The number of anilines is 2. The van der Waals surface area contributed by atoms with Crippen molar-refractivity contribution in [2.45, 2.75) is 13.8 Å². The van der Waals surface area contributed by atoms with Crippen molar-refractivity contribution in [2.75, 3.05) is 17.2 Å². The fourth-order valence-corrected chi connectivity index (χ4v) is 2.59. The van der Waals surface area contributed by atoms with Crippen LogP contribution < -0.4 is 15.4 Å². The van der Waals surface area contributed by atoms with Crippen molar-refractivity contribution in [3.63, 3.8) is 0 Å². The lowest BCUT2D eigenvalue weighted by Gasteiger charge is -2.15. The molecule has 21 heavy (non-hydrogen) atoms. The van der Waals surface area contributed by atoms with Crippen LogP contribution >= 0.6 is 28.1 Å². The second kappa shape index (κ2) is 7.43. The number of para-hydroxylation sites is 2. The van der Waals surface area contributed by atoms with Crippen molar-refractivity contribution in [3.8, 4) is 5.75 Å². The van der Waals surface area contributed by atoms with Gasteiger partial charge < -0.3 is 15.4 Å². The predicted octanol–water partition coefficient (Wildman–Crippen LogP) is 4.97. The third-order valence-electron chi connectivity index (χ3n) is 2.87. The molecule has 5 heteroatoms. The van der Waals surface area contributed by atoms with Crippen LogP contribution in [-0.4, -0.2) is 11.7 Å². The van der Waals surface area contributed by atoms with Gasteiger partial charge in [-0.3, -0.25) is 0 Å². The molecule has 0 saturated carbocycles. The first-order valence-electron chi connectivity index (χ1n) is 6.66. The van der Waals surface area contributed by atoms with E-state index >= 15 is 0 Å². The van der Waals surface area contributed by atoms with Gasteiger partial charge in [0.05, 0.1) is 12.3 Å². The van der Waals surface area contributed by atoms with Crippen LogP contribution in [0.5, 0.6) is 5.75 Å². The topological polar surface area (TPSA) is 33.3 Å². The van der Waals surface area contributed by atoms with Crippen LogP contribution in [0.25, 0.3) is 0 Å². The van der Waals surface area contributed by atoms with Crippen molar-refractivity contribution < 1.29 is 4.74 Å². The smallest absolute Gasteiger partial charge is 0.175 e. The molecule has 3 nitrogen and oxygen atoms in total. The summed E-state index contributed by atoms with van der Waals surface area (Å²) in [6.07, 6.45) is 0. The minimum absolute atomic E-state index is 0.535. The van der Waals surface area contributed by atoms with Gasteiger partial charge in [0, 0.05) is 10.2 Å². The number of aryl methyl sites for hydroxylation is 1. The maximum atomic E-state index is 5.57.